The molecular weight excluding hydrogens is 365 g/mol. The second-order valence-corrected chi connectivity index (χ2v) is 7.02. The van der Waals surface area contributed by atoms with E-state index in [0.29, 0.717) is 12.8 Å². The Labute approximate surface area is 153 Å². The number of amides is 2. The number of halogens is 3. The van der Waals surface area contributed by atoms with Crippen LogP contribution in [0, 0.1) is 5.92 Å². The van der Waals surface area contributed by atoms with Crippen molar-refractivity contribution >= 4 is 17.8 Å². The van der Waals surface area contributed by atoms with E-state index in [1.54, 1.807) is 7.05 Å². The fourth-order valence-corrected chi connectivity index (χ4v) is 4.07. The van der Waals surface area contributed by atoms with Crippen molar-refractivity contribution in [3.8, 4) is 0 Å². The second kappa shape index (κ2) is 6.54. The van der Waals surface area contributed by atoms with Gasteiger partial charge in [0.2, 0.25) is 5.91 Å². The summed E-state index contributed by atoms with van der Waals surface area (Å²) < 4.78 is 37.9. The number of carboxylic acid groups (broad SMARTS) is 1. The summed E-state index contributed by atoms with van der Waals surface area (Å²) in [4.78, 5) is 39.1. The van der Waals surface area contributed by atoms with Crippen LogP contribution in [0.5, 0.6) is 0 Å². The third-order valence-corrected chi connectivity index (χ3v) is 5.74. The number of nitrogens with zero attached hydrogens (tertiary/aromatic N) is 2. The molecule has 1 aromatic rings. The summed E-state index contributed by atoms with van der Waals surface area (Å²) >= 11 is 0. The van der Waals surface area contributed by atoms with Crippen LogP contribution in [0.3, 0.4) is 0 Å². The largest absolute Gasteiger partial charge is 0.481 e. The maximum atomic E-state index is 12.6. The number of hydrogen-bond donors (Lipinski definition) is 1. The lowest BCUT2D eigenvalue weighted by molar-refractivity contribution is -0.146. The van der Waals surface area contributed by atoms with E-state index in [1.165, 1.54) is 9.80 Å². The minimum absolute atomic E-state index is 0.0569. The van der Waals surface area contributed by atoms with Gasteiger partial charge in [-0.15, -0.1) is 0 Å². The molecule has 3 rings (SSSR count). The highest BCUT2D eigenvalue weighted by Crippen LogP contribution is 2.43. The molecule has 9 heteroatoms. The number of carbonyl (C=O) groups is 3. The van der Waals surface area contributed by atoms with Gasteiger partial charge in [-0.3, -0.25) is 14.4 Å². The summed E-state index contributed by atoms with van der Waals surface area (Å²) in [6, 6.07) is 4.01. The Morgan fingerprint density at radius 3 is 2.19 bits per heavy atom. The minimum atomic E-state index is -4.47. The molecule has 1 atom stereocenters. The predicted octanol–water partition coefficient (Wildman–Crippen LogP) is 2.24. The van der Waals surface area contributed by atoms with E-state index >= 15 is 0 Å². The van der Waals surface area contributed by atoms with Crippen LogP contribution < -0.4 is 0 Å². The molecule has 1 spiro atoms. The molecule has 2 fully saturated rings. The standard InChI is InChI=1S/C18H19F3N2O4/c1-22-14(24)10-13(16(26)27)17(22)6-8-23(9-7-17)15(25)11-2-4-12(5-3-11)18(19,20)21/h2-5,13H,6-10H2,1H3,(H,26,27)/t13-/m1/s1. The summed E-state index contributed by atoms with van der Waals surface area (Å²) in [6.07, 6.45) is -3.89. The molecule has 0 unspecified atom stereocenters. The topological polar surface area (TPSA) is 77.9 Å². The van der Waals surface area contributed by atoms with Crippen molar-refractivity contribution in [2.75, 3.05) is 20.1 Å². The van der Waals surface area contributed by atoms with Crippen LogP contribution in [0.25, 0.3) is 0 Å². The van der Waals surface area contributed by atoms with Gasteiger partial charge in [0.15, 0.2) is 0 Å². The highest BCUT2D eigenvalue weighted by molar-refractivity contribution is 5.94. The summed E-state index contributed by atoms with van der Waals surface area (Å²) in [5.41, 5.74) is -1.50. The van der Waals surface area contributed by atoms with Crippen molar-refractivity contribution in [3.05, 3.63) is 35.4 Å². The summed E-state index contributed by atoms with van der Waals surface area (Å²) in [5, 5.41) is 9.46. The third kappa shape index (κ3) is 3.26. The van der Waals surface area contributed by atoms with Crippen molar-refractivity contribution in [1.82, 2.24) is 9.80 Å². The third-order valence-electron chi connectivity index (χ3n) is 5.74. The van der Waals surface area contributed by atoms with Crippen LogP contribution >= 0.6 is 0 Å². The first-order chi connectivity index (χ1) is 12.6. The lowest BCUT2D eigenvalue weighted by Gasteiger charge is -2.45. The van der Waals surface area contributed by atoms with Crippen molar-refractivity contribution < 1.29 is 32.7 Å². The molecule has 2 amide bonds. The van der Waals surface area contributed by atoms with E-state index in [0.717, 1.165) is 24.3 Å². The summed E-state index contributed by atoms with van der Waals surface area (Å²) in [6.45, 7) is 0.475. The van der Waals surface area contributed by atoms with Gasteiger partial charge in [-0.2, -0.15) is 13.2 Å². The van der Waals surface area contributed by atoms with Crippen molar-refractivity contribution in [2.24, 2.45) is 5.92 Å². The van der Waals surface area contributed by atoms with E-state index in [-0.39, 0.29) is 31.0 Å². The van der Waals surface area contributed by atoms with Gasteiger partial charge >= 0.3 is 12.1 Å². The Morgan fingerprint density at radius 1 is 1.15 bits per heavy atom. The maximum absolute atomic E-state index is 12.6. The van der Waals surface area contributed by atoms with Gasteiger partial charge in [-0.1, -0.05) is 0 Å². The molecule has 2 saturated heterocycles. The van der Waals surface area contributed by atoms with E-state index in [9.17, 15) is 32.7 Å². The van der Waals surface area contributed by atoms with Gasteiger partial charge in [0, 0.05) is 32.1 Å². The number of hydrogen-bond acceptors (Lipinski definition) is 3. The molecule has 0 aromatic heterocycles. The number of aliphatic carboxylic acids is 1. The van der Waals surface area contributed by atoms with Crippen LogP contribution in [0.4, 0.5) is 13.2 Å². The Kier molecular flexibility index (Phi) is 4.65. The van der Waals surface area contributed by atoms with E-state index < -0.39 is 35.1 Å². The zero-order valence-corrected chi connectivity index (χ0v) is 14.6. The molecule has 146 valence electrons. The van der Waals surface area contributed by atoms with Crippen molar-refractivity contribution in [3.63, 3.8) is 0 Å². The monoisotopic (exact) mass is 384 g/mol. The second-order valence-electron chi connectivity index (χ2n) is 7.02. The molecule has 2 aliphatic rings. The zero-order chi connectivity index (χ0) is 20.0. The summed E-state index contributed by atoms with van der Waals surface area (Å²) in [7, 11) is 1.58. The molecule has 0 saturated carbocycles. The average molecular weight is 384 g/mol. The highest BCUT2D eigenvalue weighted by Gasteiger charge is 2.55. The Hall–Kier alpha value is -2.58. The smallest absolute Gasteiger partial charge is 0.416 e. The van der Waals surface area contributed by atoms with Gasteiger partial charge in [-0.25, -0.2) is 0 Å². The number of benzene rings is 1. The predicted molar refractivity (Wildman–Crippen MR) is 87.8 cm³/mol. The van der Waals surface area contributed by atoms with Gasteiger partial charge in [0.1, 0.15) is 0 Å². The van der Waals surface area contributed by atoms with E-state index in [1.807, 2.05) is 0 Å². The van der Waals surface area contributed by atoms with Crippen molar-refractivity contribution in [1.29, 1.82) is 0 Å². The highest BCUT2D eigenvalue weighted by atomic mass is 19.4. The van der Waals surface area contributed by atoms with Gasteiger partial charge in [0.25, 0.3) is 5.91 Å². The van der Waals surface area contributed by atoms with E-state index in [2.05, 4.69) is 0 Å². The zero-order valence-electron chi connectivity index (χ0n) is 14.6. The van der Waals surface area contributed by atoms with Gasteiger partial charge in [-0.05, 0) is 37.1 Å². The molecule has 0 radical (unpaired) electrons. The van der Waals surface area contributed by atoms with E-state index in [4.69, 9.17) is 0 Å². The molecular formula is C18H19F3N2O4. The first-order valence-corrected chi connectivity index (χ1v) is 8.52. The number of rotatable bonds is 2. The maximum Gasteiger partial charge on any atom is 0.416 e. The quantitative estimate of drug-likeness (QED) is 0.848. The Balaban J connectivity index is 1.72. The van der Waals surface area contributed by atoms with Crippen LogP contribution in [-0.2, 0) is 15.8 Å². The molecule has 0 bridgehead atoms. The first kappa shape index (κ1) is 19.2. The number of alkyl halides is 3. The number of carbonyl (C=O) groups excluding carboxylic acids is 2. The average Bonchev–Trinajstić information content (AvgIpc) is 2.86. The molecule has 6 nitrogen and oxygen atoms in total. The lowest BCUT2D eigenvalue weighted by atomic mass is 9.77. The first-order valence-electron chi connectivity index (χ1n) is 8.52. The number of carboxylic acids is 1. The molecule has 2 aliphatic heterocycles. The Morgan fingerprint density at radius 2 is 1.70 bits per heavy atom. The van der Waals surface area contributed by atoms with Gasteiger partial charge in [0.05, 0.1) is 17.0 Å². The van der Waals surface area contributed by atoms with Crippen molar-refractivity contribution in [2.45, 2.75) is 31.0 Å². The molecule has 1 aromatic carbocycles. The normalized spacial score (nSPS) is 22.4. The van der Waals surface area contributed by atoms with Gasteiger partial charge < -0.3 is 14.9 Å². The van der Waals surface area contributed by atoms with Crippen LogP contribution in [0.2, 0.25) is 0 Å². The Bertz CT molecular complexity index is 768. The summed E-state index contributed by atoms with van der Waals surface area (Å²) in [5.74, 6) is -2.49. The number of likely N-dealkylation sites (tertiary alicyclic amines) is 2. The fourth-order valence-electron chi connectivity index (χ4n) is 4.07. The number of piperidine rings is 1. The van der Waals surface area contributed by atoms with Crippen LogP contribution in [-0.4, -0.2) is 58.4 Å². The minimum Gasteiger partial charge on any atom is -0.481 e. The molecule has 27 heavy (non-hydrogen) atoms. The van der Waals surface area contributed by atoms with Crippen LogP contribution in [0.15, 0.2) is 24.3 Å². The molecule has 1 N–H and O–H groups in total. The van der Waals surface area contributed by atoms with Crippen LogP contribution in [0.1, 0.15) is 35.2 Å². The SMILES string of the molecule is CN1C(=O)C[C@H](C(=O)O)C12CCN(C(=O)c1ccc(C(F)(F)F)cc1)CC2. The lowest BCUT2D eigenvalue weighted by Crippen LogP contribution is -2.56. The molecule has 0 aliphatic carbocycles. The molecule has 2 heterocycles. The fraction of sp³-hybridized carbons (Fsp3) is 0.500.